The van der Waals surface area contributed by atoms with Crippen molar-refractivity contribution in [2.75, 3.05) is 0 Å². The second-order valence-electron chi connectivity index (χ2n) is 2.13. The molecule has 0 spiro atoms. The maximum atomic E-state index is 12.3. The fourth-order valence-corrected chi connectivity index (χ4v) is 0.879. The van der Waals surface area contributed by atoms with E-state index in [2.05, 4.69) is 0 Å². The van der Waals surface area contributed by atoms with Crippen LogP contribution >= 0.6 is 23.2 Å². The lowest BCUT2D eigenvalue weighted by Crippen LogP contribution is -1.73. The van der Waals surface area contributed by atoms with Gasteiger partial charge in [-0.2, -0.15) is 0 Å². The summed E-state index contributed by atoms with van der Waals surface area (Å²) >= 11 is 10.8. The molecule has 1 aromatic rings. The molecule has 4 heteroatoms. The van der Waals surface area contributed by atoms with Gasteiger partial charge in [0.25, 0.3) is 0 Å². The van der Waals surface area contributed by atoms with Gasteiger partial charge in [0.05, 0.1) is 5.02 Å². The van der Waals surface area contributed by atoms with Crippen LogP contribution in [0.4, 0.5) is 4.39 Å². The van der Waals surface area contributed by atoms with Crippen LogP contribution in [0.3, 0.4) is 0 Å². The van der Waals surface area contributed by atoms with Crippen molar-refractivity contribution < 1.29 is 9.18 Å². The molecule has 0 aromatic heterocycles. The lowest BCUT2D eigenvalue weighted by atomic mass is 10.3. The second kappa shape index (κ2) is 6.87. The Balaban J connectivity index is 0.000000310. The smallest absolute Gasteiger partial charge is 0.141 e. The molecule has 0 unspecified atom stereocenters. The summed E-state index contributed by atoms with van der Waals surface area (Å²) in [6.07, 6.45) is 1.51. The Morgan fingerprint density at radius 3 is 2.31 bits per heavy atom. The van der Waals surface area contributed by atoms with E-state index in [1.54, 1.807) is 0 Å². The van der Waals surface area contributed by atoms with Gasteiger partial charge >= 0.3 is 0 Å². The average Bonchev–Trinajstić information content (AvgIpc) is 2.12. The van der Waals surface area contributed by atoms with Gasteiger partial charge < -0.3 is 4.79 Å². The Labute approximate surface area is 86.5 Å². The van der Waals surface area contributed by atoms with Crippen molar-refractivity contribution >= 4 is 29.5 Å². The Morgan fingerprint density at radius 1 is 1.46 bits per heavy atom. The average molecular weight is 223 g/mol. The highest BCUT2D eigenvalue weighted by Gasteiger charge is 1.96. The van der Waals surface area contributed by atoms with Crippen LogP contribution in [0.25, 0.3) is 0 Å². The zero-order valence-electron chi connectivity index (χ0n) is 7.06. The fraction of sp³-hybridized carbons (Fsp3) is 0.222. The van der Waals surface area contributed by atoms with Crippen LogP contribution in [-0.4, -0.2) is 6.29 Å². The highest BCUT2D eigenvalue weighted by atomic mass is 35.5. The maximum absolute atomic E-state index is 12.3. The summed E-state index contributed by atoms with van der Waals surface area (Å²) in [5.74, 6) is -0.443. The fourth-order valence-electron chi connectivity index (χ4n) is 0.470. The van der Waals surface area contributed by atoms with E-state index in [-0.39, 0.29) is 5.02 Å². The molecule has 0 atom stereocenters. The number of carbonyl (C=O) groups excluding carboxylic acids is 1. The summed E-state index contributed by atoms with van der Waals surface area (Å²) in [5, 5.41) is 0.504. The topological polar surface area (TPSA) is 17.1 Å². The van der Waals surface area contributed by atoms with Crippen LogP contribution < -0.4 is 0 Å². The predicted octanol–water partition coefficient (Wildman–Crippen LogP) is 3.73. The first-order valence-corrected chi connectivity index (χ1v) is 4.41. The highest BCUT2D eigenvalue weighted by molar-refractivity contribution is 6.34. The van der Waals surface area contributed by atoms with E-state index in [1.807, 2.05) is 6.92 Å². The van der Waals surface area contributed by atoms with E-state index in [0.29, 0.717) is 11.4 Å². The molecular weight excluding hydrogens is 214 g/mol. The Morgan fingerprint density at radius 2 is 2.00 bits per heavy atom. The Kier molecular flexibility index (Phi) is 6.55. The van der Waals surface area contributed by atoms with Crippen molar-refractivity contribution in [3.63, 3.8) is 0 Å². The molecular formula is C9H9Cl2FO. The molecule has 0 aliphatic carbocycles. The lowest BCUT2D eigenvalue weighted by Gasteiger charge is -1.91. The number of halogens is 3. The van der Waals surface area contributed by atoms with E-state index in [9.17, 15) is 9.18 Å². The van der Waals surface area contributed by atoms with Gasteiger partial charge in [0.1, 0.15) is 12.1 Å². The van der Waals surface area contributed by atoms with Crippen LogP contribution in [0.2, 0.25) is 10.0 Å². The number of rotatable bonds is 1. The SMILES string of the molecule is CCC=O.Fc1ccc(Cl)cc1Cl. The van der Waals surface area contributed by atoms with Crippen LogP contribution in [0, 0.1) is 5.82 Å². The third-order valence-corrected chi connectivity index (χ3v) is 1.57. The number of hydrogen-bond donors (Lipinski definition) is 0. The van der Waals surface area contributed by atoms with E-state index in [0.717, 1.165) is 6.29 Å². The van der Waals surface area contributed by atoms with Crippen LogP contribution in [-0.2, 0) is 4.79 Å². The van der Waals surface area contributed by atoms with Gasteiger partial charge in [0.15, 0.2) is 0 Å². The minimum absolute atomic E-state index is 0.0579. The van der Waals surface area contributed by atoms with E-state index in [4.69, 9.17) is 23.2 Å². The highest BCUT2D eigenvalue weighted by Crippen LogP contribution is 2.18. The first-order valence-electron chi connectivity index (χ1n) is 3.66. The van der Waals surface area contributed by atoms with Crippen LogP contribution in [0.1, 0.15) is 13.3 Å². The Hall–Kier alpha value is -0.600. The molecule has 0 bridgehead atoms. The second-order valence-corrected chi connectivity index (χ2v) is 2.98. The third kappa shape index (κ3) is 5.61. The van der Waals surface area contributed by atoms with Crippen LogP contribution in [0.15, 0.2) is 18.2 Å². The lowest BCUT2D eigenvalue weighted by molar-refractivity contribution is -0.107. The summed E-state index contributed by atoms with van der Waals surface area (Å²) in [6.45, 7) is 1.81. The molecule has 0 saturated carbocycles. The molecule has 0 heterocycles. The molecule has 1 aromatic carbocycles. The molecule has 1 rings (SSSR count). The largest absolute Gasteiger partial charge is 0.303 e. The number of benzene rings is 1. The molecule has 0 fully saturated rings. The summed E-state index contributed by atoms with van der Waals surface area (Å²) in [6, 6.07) is 4.03. The maximum Gasteiger partial charge on any atom is 0.141 e. The van der Waals surface area contributed by atoms with Gasteiger partial charge in [-0.05, 0) is 18.2 Å². The molecule has 13 heavy (non-hydrogen) atoms. The summed E-state index contributed by atoms with van der Waals surface area (Å²) < 4.78 is 12.3. The summed E-state index contributed by atoms with van der Waals surface area (Å²) in [7, 11) is 0. The van der Waals surface area contributed by atoms with Gasteiger partial charge in [-0.3, -0.25) is 0 Å². The predicted molar refractivity (Wildman–Crippen MR) is 52.8 cm³/mol. The number of hydrogen-bond acceptors (Lipinski definition) is 1. The summed E-state index contributed by atoms with van der Waals surface area (Å²) in [4.78, 5) is 9.17. The first-order chi connectivity index (χ1) is 6.11. The van der Waals surface area contributed by atoms with Crippen molar-refractivity contribution in [1.29, 1.82) is 0 Å². The zero-order valence-corrected chi connectivity index (χ0v) is 8.57. The molecule has 1 nitrogen and oxygen atoms in total. The van der Waals surface area contributed by atoms with Gasteiger partial charge in [-0.25, -0.2) is 4.39 Å². The molecule has 0 aliphatic heterocycles. The van der Waals surface area contributed by atoms with Crippen LogP contribution in [0.5, 0.6) is 0 Å². The van der Waals surface area contributed by atoms with Gasteiger partial charge in [0.2, 0.25) is 0 Å². The van der Waals surface area contributed by atoms with Crippen molar-refractivity contribution in [3.05, 3.63) is 34.1 Å². The van der Waals surface area contributed by atoms with E-state index < -0.39 is 5.82 Å². The minimum Gasteiger partial charge on any atom is -0.303 e. The molecule has 0 saturated heterocycles. The van der Waals surface area contributed by atoms with E-state index in [1.165, 1.54) is 18.2 Å². The van der Waals surface area contributed by atoms with Gasteiger partial charge in [0, 0.05) is 11.4 Å². The molecule has 0 aliphatic rings. The normalized spacial score (nSPS) is 8.62. The number of aldehydes is 1. The van der Waals surface area contributed by atoms with Gasteiger partial charge in [-0.1, -0.05) is 30.1 Å². The summed E-state index contributed by atoms with van der Waals surface area (Å²) in [5.41, 5.74) is 0. The van der Waals surface area contributed by atoms with Gasteiger partial charge in [-0.15, -0.1) is 0 Å². The standard InChI is InChI=1S/C6H3Cl2F.C3H6O/c7-4-1-2-6(9)5(8)3-4;1-2-3-4/h1-3H;3H,2H2,1H3. The van der Waals surface area contributed by atoms with Crippen molar-refractivity contribution in [3.8, 4) is 0 Å². The first kappa shape index (κ1) is 12.4. The minimum atomic E-state index is -0.443. The van der Waals surface area contributed by atoms with Crippen molar-refractivity contribution in [2.24, 2.45) is 0 Å². The quantitative estimate of drug-likeness (QED) is 0.523. The van der Waals surface area contributed by atoms with Crippen molar-refractivity contribution in [1.82, 2.24) is 0 Å². The molecule has 0 N–H and O–H groups in total. The Bertz CT molecular complexity index is 276. The third-order valence-electron chi connectivity index (χ3n) is 1.05. The molecule has 72 valence electrons. The monoisotopic (exact) mass is 222 g/mol. The zero-order chi connectivity index (χ0) is 10.3. The van der Waals surface area contributed by atoms with Crippen molar-refractivity contribution in [2.45, 2.75) is 13.3 Å². The van der Waals surface area contributed by atoms with E-state index >= 15 is 0 Å². The molecule has 0 amide bonds. The number of carbonyl (C=O) groups is 1. The molecule has 0 radical (unpaired) electrons.